The maximum atomic E-state index is 6.10. The molecule has 3 rings (SSSR count). The number of guanidine groups is 1. The number of ether oxygens (including phenoxy) is 3. The van der Waals surface area contributed by atoms with E-state index in [-0.39, 0.29) is 36.2 Å². The van der Waals surface area contributed by atoms with E-state index in [0.717, 1.165) is 77.6 Å². The van der Waals surface area contributed by atoms with E-state index in [1.165, 1.54) is 38.5 Å². The molecular weight excluding hydrogens is 481 g/mol. The Balaban J connectivity index is 0.00000300. The van der Waals surface area contributed by atoms with Crippen LogP contribution in [-0.2, 0) is 14.2 Å². The zero-order valence-electron chi connectivity index (χ0n) is 18.3. The highest BCUT2D eigenvalue weighted by Gasteiger charge is 2.32. The lowest BCUT2D eigenvalue weighted by atomic mass is 10.1. The Kier molecular flexibility index (Phi) is 12.8. The number of morpholine rings is 1. The van der Waals surface area contributed by atoms with Crippen LogP contribution in [0, 0.1) is 0 Å². The van der Waals surface area contributed by atoms with E-state index in [0.29, 0.717) is 6.10 Å². The Labute approximate surface area is 194 Å². The van der Waals surface area contributed by atoms with E-state index in [2.05, 4.69) is 17.1 Å². The van der Waals surface area contributed by atoms with Crippen LogP contribution >= 0.6 is 24.0 Å². The number of halogens is 1. The summed E-state index contributed by atoms with van der Waals surface area (Å²) < 4.78 is 17.9. The smallest absolute Gasteiger partial charge is 0.194 e. The Hall–Kier alpha value is -0.120. The molecule has 2 unspecified atom stereocenters. The summed E-state index contributed by atoms with van der Waals surface area (Å²) >= 11 is 0. The summed E-state index contributed by atoms with van der Waals surface area (Å²) in [5.41, 5.74) is 0. The van der Waals surface area contributed by atoms with Crippen LogP contribution in [0.1, 0.15) is 71.1 Å². The number of hydrogen-bond donors (Lipinski definition) is 1. The van der Waals surface area contributed by atoms with Gasteiger partial charge in [0.15, 0.2) is 5.96 Å². The molecule has 2 atom stereocenters. The molecule has 2 heterocycles. The van der Waals surface area contributed by atoms with Crippen LogP contribution in [0.25, 0.3) is 0 Å². The highest BCUT2D eigenvalue weighted by atomic mass is 127. The van der Waals surface area contributed by atoms with Gasteiger partial charge >= 0.3 is 0 Å². The molecule has 0 aromatic carbocycles. The number of rotatable bonds is 8. The minimum Gasteiger partial charge on any atom is -0.378 e. The lowest BCUT2D eigenvalue weighted by molar-refractivity contribution is -0.0817. The summed E-state index contributed by atoms with van der Waals surface area (Å²) in [4.78, 5) is 7.23. The Morgan fingerprint density at radius 2 is 1.79 bits per heavy atom. The van der Waals surface area contributed by atoms with E-state index in [9.17, 15) is 0 Å². The molecule has 0 aromatic rings. The van der Waals surface area contributed by atoms with Crippen molar-refractivity contribution in [3.05, 3.63) is 0 Å². The van der Waals surface area contributed by atoms with Crippen LogP contribution in [0.5, 0.6) is 0 Å². The van der Waals surface area contributed by atoms with Gasteiger partial charge in [-0.25, -0.2) is 0 Å². The van der Waals surface area contributed by atoms with Crippen molar-refractivity contribution in [1.29, 1.82) is 0 Å². The second kappa shape index (κ2) is 14.8. The molecule has 2 saturated heterocycles. The van der Waals surface area contributed by atoms with Gasteiger partial charge in [0.1, 0.15) is 6.10 Å². The largest absolute Gasteiger partial charge is 0.378 e. The van der Waals surface area contributed by atoms with E-state index in [1.807, 2.05) is 0 Å². The molecular formula is C22H42IN3O3. The molecule has 0 amide bonds. The van der Waals surface area contributed by atoms with Crippen LogP contribution in [0.15, 0.2) is 4.99 Å². The second-order valence-corrected chi connectivity index (χ2v) is 8.33. The molecule has 170 valence electrons. The third-order valence-electron chi connectivity index (χ3n) is 6.08. The highest BCUT2D eigenvalue weighted by molar-refractivity contribution is 14.0. The van der Waals surface area contributed by atoms with Crippen molar-refractivity contribution in [3.63, 3.8) is 0 Å². The van der Waals surface area contributed by atoms with Crippen molar-refractivity contribution in [1.82, 2.24) is 10.2 Å². The molecule has 1 aliphatic carbocycles. The van der Waals surface area contributed by atoms with Gasteiger partial charge in [0.2, 0.25) is 0 Å². The monoisotopic (exact) mass is 523 g/mol. The predicted octanol–water partition coefficient (Wildman–Crippen LogP) is 3.97. The first-order valence-electron chi connectivity index (χ1n) is 11.7. The first kappa shape index (κ1) is 25.1. The number of aliphatic imine (C=N–C) groups is 1. The van der Waals surface area contributed by atoms with Gasteiger partial charge < -0.3 is 24.4 Å². The number of hydrogen-bond acceptors (Lipinski definition) is 4. The fraction of sp³-hybridized carbons (Fsp3) is 0.955. The van der Waals surface area contributed by atoms with Gasteiger partial charge in [-0.15, -0.1) is 24.0 Å². The number of unbranched alkanes of at least 4 members (excludes halogenated alkanes) is 1. The minimum absolute atomic E-state index is 0. The number of nitrogens with one attached hydrogen (secondary N) is 1. The molecule has 0 radical (unpaired) electrons. The van der Waals surface area contributed by atoms with Crippen molar-refractivity contribution in [2.45, 2.75) is 89.4 Å². The number of nitrogens with zero attached hydrogens (tertiary/aromatic N) is 2. The quantitative estimate of drug-likeness (QED) is 0.172. The molecule has 1 N–H and O–H groups in total. The van der Waals surface area contributed by atoms with Gasteiger partial charge in [-0.05, 0) is 45.4 Å². The average Bonchev–Trinajstić information content (AvgIpc) is 3.14. The van der Waals surface area contributed by atoms with Gasteiger partial charge in [0.05, 0.1) is 18.8 Å². The summed E-state index contributed by atoms with van der Waals surface area (Å²) in [6.07, 6.45) is 13.4. The van der Waals surface area contributed by atoms with Crippen LogP contribution in [0.4, 0.5) is 0 Å². The molecule has 7 heteroatoms. The molecule has 1 saturated carbocycles. The predicted molar refractivity (Wildman–Crippen MR) is 128 cm³/mol. The minimum atomic E-state index is 0. The summed E-state index contributed by atoms with van der Waals surface area (Å²) in [6.45, 7) is 8.18. The fourth-order valence-corrected chi connectivity index (χ4v) is 4.47. The van der Waals surface area contributed by atoms with Crippen molar-refractivity contribution in [2.24, 2.45) is 4.99 Å². The maximum absolute atomic E-state index is 6.10. The van der Waals surface area contributed by atoms with Crippen LogP contribution in [0.3, 0.4) is 0 Å². The van der Waals surface area contributed by atoms with Gasteiger partial charge in [-0.3, -0.25) is 4.99 Å². The van der Waals surface area contributed by atoms with E-state index >= 15 is 0 Å². The zero-order chi connectivity index (χ0) is 19.4. The summed E-state index contributed by atoms with van der Waals surface area (Å²) in [7, 11) is 0. The Morgan fingerprint density at radius 1 is 1.00 bits per heavy atom. The topological polar surface area (TPSA) is 55.3 Å². The Bertz CT molecular complexity index is 453. The second-order valence-electron chi connectivity index (χ2n) is 8.33. The third-order valence-corrected chi connectivity index (χ3v) is 6.08. The van der Waals surface area contributed by atoms with Crippen LogP contribution in [-0.4, -0.2) is 75.2 Å². The fourth-order valence-electron chi connectivity index (χ4n) is 4.47. The van der Waals surface area contributed by atoms with Crippen molar-refractivity contribution in [3.8, 4) is 0 Å². The van der Waals surface area contributed by atoms with Gasteiger partial charge in [-0.1, -0.05) is 25.7 Å². The first-order valence-corrected chi connectivity index (χ1v) is 11.7. The van der Waals surface area contributed by atoms with Gasteiger partial charge in [-0.2, -0.15) is 0 Å². The van der Waals surface area contributed by atoms with Gasteiger partial charge in [0.25, 0.3) is 0 Å². The highest BCUT2D eigenvalue weighted by Crippen LogP contribution is 2.21. The van der Waals surface area contributed by atoms with Crippen LogP contribution < -0.4 is 5.32 Å². The summed E-state index contributed by atoms with van der Waals surface area (Å²) in [6, 6.07) is 0. The molecule has 0 bridgehead atoms. The summed E-state index contributed by atoms with van der Waals surface area (Å²) in [5.74, 6) is 1.03. The lowest BCUT2D eigenvalue weighted by Crippen LogP contribution is -2.53. The zero-order valence-corrected chi connectivity index (χ0v) is 20.6. The summed E-state index contributed by atoms with van der Waals surface area (Å²) in [5, 5.41) is 3.46. The molecule has 0 aromatic heterocycles. The van der Waals surface area contributed by atoms with Crippen LogP contribution in [0.2, 0.25) is 0 Å². The first-order chi connectivity index (χ1) is 13.9. The van der Waals surface area contributed by atoms with E-state index in [4.69, 9.17) is 19.2 Å². The molecule has 3 fully saturated rings. The molecule has 2 aliphatic heterocycles. The van der Waals surface area contributed by atoms with Crippen molar-refractivity contribution >= 4 is 29.9 Å². The molecule has 29 heavy (non-hydrogen) atoms. The molecule has 6 nitrogen and oxygen atoms in total. The SMILES string of the molecule is CCNC(=NCCCCOC1CCCCCC1)N1CCOC(C2CCCO2)C1.I. The normalized spacial score (nSPS) is 26.8. The third kappa shape index (κ3) is 8.87. The van der Waals surface area contributed by atoms with Crippen molar-refractivity contribution < 1.29 is 14.2 Å². The van der Waals surface area contributed by atoms with E-state index < -0.39 is 0 Å². The van der Waals surface area contributed by atoms with Gasteiger partial charge in [0, 0.05) is 39.4 Å². The molecule has 0 spiro atoms. The van der Waals surface area contributed by atoms with E-state index in [1.54, 1.807) is 0 Å². The van der Waals surface area contributed by atoms with Crippen molar-refractivity contribution in [2.75, 3.05) is 46.0 Å². The Morgan fingerprint density at radius 3 is 2.52 bits per heavy atom. The lowest BCUT2D eigenvalue weighted by Gasteiger charge is -2.37. The molecule has 3 aliphatic rings. The standard InChI is InChI=1S/C22H41N3O3.HI/c1-2-23-22(25-14-17-28-21(18-25)20-12-9-16-27-20)24-13-7-8-15-26-19-10-5-3-4-6-11-19;/h19-21H,2-18H2,1H3,(H,23,24);1H. The average molecular weight is 524 g/mol. The maximum Gasteiger partial charge on any atom is 0.194 e.